The summed E-state index contributed by atoms with van der Waals surface area (Å²) in [6.07, 6.45) is 9.43. The summed E-state index contributed by atoms with van der Waals surface area (Å²) in [4.78, 5) is 0. The summed E-state index contributed by atoms with van der Waals surface area (Å²) < 4.78 is 5.35. The highest BCUT2D eigenvalue weighted by atomic mass is 15.2. The largest absolute Gasteiger partial charge is 0.239 e. The van der Waals surface area contributed by atoms with Crippen LogP contribution in [0.3, 0.4) is 0 Å². The molecule has 2 aromatic heterocycles. The molecule has 0 N–H and O–H groups in total. The van der Waals surface area contributed by atoms with E-state index in [2.05, 4.69) is 330 Å². The minimum atomic E-state index is -0.156. The second-order valence-corrected chi connectivity index (χ2v) is 29.2. The van der Waals surface area contributed by atoms with Crippen molar-refractivity contribution >= 4 is 10.8 Å². The van der Waals surface area contributed by atoms with Gasteiger partial charge >= 0.3 is 0 Å². The van der Waals surface area contributed by atoms with Crippen molar-refractivity contribution in [2.45, 2.75) is 150 Å². The standard InChI is InChI=1S/C86H88N2/c1-14-16-22-58-43-46-88-79(47-58)76-27-19-20-28-77(76)81-85(13,15-2)86(81,88)56-87-45-44-62-23-17-18-26-75(62)80(87)78-55-65(30-29-57(78)3)63-24-21-25-64(48-63)69-50-68(61-35-41-74(42-36-61)84(10,11)12)53-71(54-69)70-51-66(59-31-37-72(38-32-59)82(4,5)6)49-67(52-70)60-33-39-73(40-34-60)83(7,8)9/h17-21,23-55,81H,14-16,22,56H2,1-13H3/q+2. The Bertz CT molecular complexity index is 4360. The second kappa shape index (κ2) is 22.3. The predicted octanol–water partition coefficient (Wildman–Crippen LogP) is 22.2. The first-order valence-corrected chi connectivity index (χ1v) is 32.6. The number of aromatic nitrogens is 2. The maximum Gasteiger partial charge on any atom is 0.239 e. The van der Waals surface area contributed by atoms with Crippen LogP contribution < -0.4 is 9.13 Å². The van der Waals surface area contributed by atoms with Crippen LogP contribution in [0.1, 0.15) is 142 Å². The molecule has 3 heterocycles. The van der Waals surface area contributed by atoms with Gasteiger partial charge in [0, 0.05) is 23.8 Å². The number of unbranched alkanes of at least 4 members (excludes halogenated alkanes) is 1. The highest BCUT2D eigenvalue weighted by Gasteiger charge is 2.85. The van der Waals surface area contributed by atoms with Gasteiger partial charge in [0.1, 0.15) is 0 Å². The van der Waals surface area contributed by atoms with E-state index in [0.29, 0.717) is 5.92 Å². The molecule has 0 spiro atoms. The van der Waals surface area contributed by atoms with Crippen LogP contribution >= 0.6 is 0 Å². The Hall–Kier alpha value is -8.46. The Morgan fingerprint density at radius 2 is 0.886 bits per heavy atom. The molecule has 0 radical (unpaired) electrons. The van der Waals surface area contributed by atoms with Crippen molar-refractivity contribution in [3.8, 4) is 89.3 Å². The SMILES string of the molecule is CCCCc1cc[n+]2c(c1)-c1ccccc1C1C(C)(CC)C12C[n+]1ccc2ccccc2c1-c1cc(-c2cccc(-c3cc(-c4ccc(C(C)(C)C)cc4)cc(-c4cc(-c5ccc(C(C)(C)C)cc5)cc(-c5ccc(C(C)(C)C)cc5)c4)c3)c2)ccc1C. The Morgan fingerprint density at radius 1 is 0.420 bits per heavy atom. The maximum atomic E-state index is 2.72. The molecule has 3 unspecified atom stereocenters. The molecule has 1 fully saturated rings. The first-order chi connectivity index (χ1) is 42.1. The lowest BCUT2D eigenvalue weighted by atomic mass is 9.84. The smallest absolute Gasteiger partial charge is 0.190 e. The molecule has 1 saturated carbocycles. The molecule has 1 aliphatic carbocycles. The topological polar surface area (TPSA) is 7.76 Å². The number of nitrogens with zero attached hydrogens (tertiary/aromatic N) is 2. The van der Waals surface area contributed by atoms with E-state index in [0.717, 1.165) is 19.4 Å². The van der Waals surface area contributed by atoms with Crippen molar-refractivity contribution in [2.24, 2.45) is 5.41 Å². The number of pyridine rings is 2. The summed E-state index contributed by atoms with van der Waals surface area (Å²) in [7, 11) is 0. The van der Waals surface area contributed by atoms with Crippen molar-refractivity contribution in [3.05, 3.63) is 264 Å². The normalized spacial score (nSPS) is 17.1. The van der Waals surface area contributed by atoms with Gasteiger partial charge in [-0.05, 0) is 209 Å². The third kappa shape index (κ3) is 10.5. The molecular formula is C86H88N2+2. The Morgan fingerprint density at radius 3 is 1.42 bits per heavy atom. The number of benzene rings is 9. The first kappa shape index (κ1) is 58.6. The first-order valence-electron chi connectivity index (χ1n) is 32.6. The molecule has 9 aromatic carbocycles. The van der Waals surface area contributed by atoms with Gasteiger partial charge in [0.2, 0.25) is 23.5 Å². The molecule has 2 heteroatoms. The lowest BCUT2D eigenvalue weighted by Crippen LogP contribution is -2.60. The van der Waals surface area contributed by atoms with Gasteiger partial charge in [-0.25, -0.2) is 0 Å². The molecule has 2 nitrogen and oxygen atoms in total. The molecule has 3 atom stereocenters. The van der Waals surface area contributed by atoms with Gasteiger partial charge in [-0.3, -0.25) is 0 Å². The number of fused-ring (bicyclic) bond motifs is 7. The van der Waals surface area contributed by atoms with Crippen molar-refractivity contribution < 1.29 is 9.13 Å². The zero-order valence-electron chi connectivity index (χ0n) is 54.4. The Kier molecular flexibility index (Phi) is 14.8. The van der Waals surface area contributed by atoms with E-state index in [9.17, 15) is 0 Å². The van der Waals surface area contributed by atoms with Crippen LogP contribution in [0.5, 0.6) is 0 Å². The van der Waals surface area contributed by atoms with Crippen molar-refractivity contribution in [2.75, 3.05) is 0 Å². The molecule has 1 aliphatic heterocycles. The minimum absolute atomic E-state index is 0.0467. The van der Waals surface area contributed by atoms with Gasteiger partial charge in [0.05, 0.1) is 22.3 Å². The maximum absolute atomic E-state index is 2.72. The highest BCUT2D eigenvalue weighted by Crippen LogP contribution is 2.74. The second-order valence-electron chi connectivity index (χ2n) is 29.2. The van der Waals surface area contributed by atoms with Gasteiger partial charge in [-0.15, -0.1) is 0 Å². The van der Waals surface area contributed by atoms with Crippen LogP contribution in [0.2, 0.25) is 0 Å². The Labute approximate surface area is 525 Å². The summed E-state index contributed by atoms with van der Waals surface area (Å²) in [5, 5.41) is 2.53. The summed E-state index contributed by atoms with van der Waals surface area (Å²) in [5.41, 5.74) is 27.9. The summed E-state index contributed by atoms with van der Waals surface area (Å²) in [6.45, 7) is 31.1. The van der Waals surface area contributed by atoms with Crippen LogP contribution in [-0.2, 0) is 34.7 Å². The fraction of sp³-hybridized carbons (Fsp3) is 0.279. The summed E-state index contributed by atoms with van der Waals surface area (Å²) >= 11 is 0. The zero-order valence-corrected chi connectivity index (χ0v) is 54.4. The van der Waals surface area contributed by atoms with Crippen molar-refractivity contribution in [1.82, 2.24) is 0 Å². The predicted molar refractivity (Wildman–Crippen MR) is 373 cm³/mol. The number of rotatable bonds is 13. The lowest BCUT2D eigenvalue weighted by Gasteiger charge is -2.23. The van der Waals surface area contributed by atoms with E-state index >= 15 is 0 Å². The lowest BCUT2D eigenvalue weighted by molar-refractivity contribution is -0.808. The minimum Gasteiger partial charge on any atom is -0.190 e. The van der Waals surface area contributed by atoms with Crippen LogP contribution in [0.15, 0.2) is 231 Å². The third-order valence-corrected chi connectivity index (χ3v) is 20.4. The van der Waals surface area contributed by atoms with Gasteiger partial charge in [-0.2, -0.15) is 9.13 Å². The van der Waals surface area contributed by atoms with Crippen LogP contribution in [0.25, 0.3) is 100 Å². The van der Waals surface area contributed by atoms with E-state index in [1.165, 1.54) is 146 Å². The van der Waals surface area contributed by atoms with E-state index in [1.807, 2.05) is 0 Å². The van der Waals surface area contributed by atoms with Gasteiger partial charge in [0.25, 0.3) is 0 Å². The molecule has 13 rings (SSSR count). The highest BCUT2D eigenvalue weighted by molar-refractivity contribution is 5.95. The van der Waals surface area contributed by atoms with E-state index in [4.69, 9.17) is 0 Å². The average Bonchev–Trinajstić information content (AvgIpc) is 1.48. The van der Waals surface area contributed by atoms with E-state index in [-0.39, 0.29) is 27.2 Å². The molecule has 440 valence electrons. The molecule has 11 aromatic rings. The third-order valence-electron chi connectivity index (χ3n) is 20.4. The molecular weight excluding hydrogens is 1060 g/mol. The van der Waals surface area contributed by atoms with Gasteiger partial charge in [-0.1, -0.05) is 229 Å². The van der Waals surface area contributed by atoms with E-state index < -0.39 is 0 Å². The van der Waals surface area contributed by atoms with Crippen molar-refractivity contribution in [1.29, 1.82) is 0 Å². The summed E-state index contributed by atoms with van der Waals surface area (Å²) in [6, 6.07) is 84.4. The molecule has 88 heavy (non-hydrogen) atoms. The van der Waals surface area contributed by atoms with E-state index in [1.54, 1.807) is 0 Å². The molecule has 2 aliphatic rings. The number of hydrogen-bond donors (Lipinski definition) is 0. The van der Waals surface area contributed by atoms with Crippen LogP contribution in [0, 0.1) is 12.3 Å². The van der Waals surface area contributed by atoms with Gasteiger partial charge in [0.15, 0.2) is 12.4 Å². The fourth-order valence-electron chi connectivity index (χ4n) is 14.9. The Balaban J connectivity index is 0.940. The molecule has 0 bridgehead atoms. The molecule has 0 saturated heterocycles. The molecule has 0 amide bonds. The number of aryl methyl sites for hydroxylation is 2. The van der Waals surface area contributed by atoms with Crippen LogP contribution in [0.4, 0.5) is 0 Å². The summed E-state index contributed by atoms with van der Waals surface area (Å²) in [5.74, 6) is 0.381. The quantitative estimate of drug-likeness (QED) is 0.102. The zero-order chi connectivity index (χ0) is 61.5. The van der Waals surface area contributed by atoms with Gasteiger partial charge < -0.3 is 0 Å². The average molecular weight is 1150 g/mol. The fourth-order valence-corrected chi connectivity index (χ4v) is 14.9. The van der Waals surface area contributed by atoms with Crippen molar-refractivity contribution in [3.63, 3.8) is 0 Å². The van der Waals surface area contributed by atoms with Crippen LogP contribution in [-0.4, -0.2) is 0 Å². The number of hydrogen-bond acceptors (Lipinski definition) is 0. The monoisotopic (exact) mass is 1150 g/mol.